The van der Waals surface area contributed by atoms with Crippen LogP contribution >= 0.6 is 0 Å². The summed E-state index contributed by atoms with van der Waals surface area (Å²) in [4.78, 5) is 37.9. The summed E-state index contributed by atoms with van der Waals surface area (Å²) in [7, 11) is 2.20. The Morgan fingerprint density at radius 1 is 1.11 bits per heavy atom. The van der Waals surface area contributed by atoms with E-state index in [1.807, 2.05) is 31.2 Å². The highest BCUT2D eigenvalue weighted by molar-refractivity contribution is 6.08. The number of H-pyrrole nitrogens is 1. The lowest BCUT2D eigenvalue weighted by molar-refractivity contribution is 0.102. The number of rotatable bonds is 5. The zero-order valence-electron chi connectivity index (χ0n) is 21.0. The molecule has 2 bridgehead atoms. The molecule has 4 N–H and O–H groups in total. The second-order valence-electron chi connectivity index (χ2n) is 9.95. The molecule has 1 amide bonds. The van der Waals surface area contributed by atoms with Gasteiger partial charge in [-0.3, -0.25) is 14.5 Å². The predicted octanol–water partition coefficient (Wildman–Crippen LogP) is 3.16. The number of nitrogens with one attached hydrogen (secondary N) is 4. The summed E-state index contributed by atoms with van der Waals surface area (Å²) in [6, 6.07) is 10.7. The van der Waals surface area contributed by atoms with Crippen LogP contribution in [-0.2, 0) is 0 Å². The summed E-state index contributed by atoms with van der Waals surface area (Å²) in [6.45, 7) is 5.29. The van der Waals surface area contributed by atoms with Crippen LogP contribution in [-0.4, -0.2) is 66.1 Å². The Labute approximate surface area is 215 Å². The van der Waals surface area contributed by atoms with E-state index in [0.717, 1.165) is 30.0 Å². The third kappa shape index (κ3) is 4.37. The normalized spacial score (nSPS) is 20.5. The van der Waals surface area contributed by atoms with Gasteiger partial charge in [0.2, 0.25) is 5.88 Å². The lowest BCUT2D eigenvalue weighted by atomic mass is 9.91. The number of aromatic nitrogens is 2. The van der Waals surface area contributed by atoms with Gasteiger partial charge < -0.3 is 30.6 Å². The molecular formula is C27H31N7O3. The van der Waals surface area contributed by atoms with Crippen molar-refractivity contribution in [3.05, 3.63) is 64.2 Å². The van der Waals surface area contributed by atoms with E-state index in [1.54, 1.807) is 12.3 Å². The molecule has 6 heterocycles. The molecule has 3 fully saturated rings. The van der Waals surface area contributed by atoms with Crippen molar-refractivity contribution in [3.63, 3.8) is 0 Å². The summed E-state index contributed by atoms with van der Waals surface area (Å²) >= 11 is 0. The first-order chi connectivity index (χ1) is 18.0. The van der Waals surface area contributed by atoms with E-state index in [4.69, 9.17) is 4.74 Å². The third-order valence-electron chi connectivity index (χ3n) is 7.66. The summed E-state index contributed by atoms with van der Waals surface area (Å²) in [5.41, 5.74) is 4.10. The molecule has 3 aromatic rings. The number of carbonyl (C=O) groups is 1. The molecular weight excluding hydrogens is 470 g/mol. The molecule has 0 spiro atoms. The van der Waals surface area contributed by atoms with Crippen LogP contribution < -0.4 is 31.1 Å². The molecule has 2 aromatic heterocycles. The zero-order chi connectivity index (χ0) is 25.5. The molecule has 2 unspecified atom stereocenters. The minimum Gasteiger partial charge on any atom is -0.474 e. The number of amides is 1. The van der Waals surface area contributed by atoms with Gasteiger partial charge in [-0.1, -0.05) is 0 Å². The van der Waals surface area contributed by atoms with Crippen LogP contribution in [0.3, 0.4) is 0 Å². The number of likely N-dealkylation sites (N-methyl/N-ethyl adjacent to an activating group) is 1. The first-order valence-corrected chi connectivity index (χ1v) is 12.7. The monoisotopic (exact) mass is 501 g/mol. The van der Waals surface area contributed by atoms with Gasteiger partial charge in [-0.15, -0.1) is 0 Å². The highest BCUT2D eigenvalue weighted by Gasteiger charge is 2.37. The van der Waals surface area contributed by atoms with E-state index in [-0.39, 0.29) is 5.56 Å². The SMILES string of the molecule is Cc1c(Nc2cc[nH]c(=O)c2C(=O)Nc2ccc(N3CC4CCC3CN4C)cc2)cnc2c1NCCO2. The molecule has 1 aromatic carbocycles. The Balaban J connectivity index is 1.20. The Morgan fingerprint density at radius 2 is 1.92 bits per heavy atom. The standard InChI is InChI=1S/C27H31N7O3/c1-16-22(13-30-27-24(16)28-11-12-37-27)32-21-9-10-29-25(35)23(21)26(36)31-17-3-5-18(6-4-17)34-15-19-7-8-20(34)14-33(19)2/h3-6,9-10,13,19-20,28H,7-8,11-12,14-15H2,1-2H3,(H,31,36)(H2,29,32,35). The van der Waals surface area contributed by atoms with Crippen LogP contribution in [0.5, 0.6) is 5.88 Å². The number of hydrogen-bond acceptors (Lipinski definition) is 8. The molecule has 4 aliphatic rings. The number of piperazine rings is 1. The molecule has 10 heteroatoms. The van der Waals surface area contributed by atoms with Gasteiger partial charge in [0.1, 0.15) is 17.9 Å². The summed E-state index contributed by atoms with van der Waals surface area (Å²) < 4.78 is 5.60. The minimum atomic E-state index is -0.485. The van der Waals surface area contributed by atoms with Crippen molar-refractivity contribution in [2.75, 3.05) is 54.1 Å². The van der Waals surface area contributed by atoms with E-state index in [9.17, 15) is 9.59 Å². The summed E-state index contributed by atoms with van der Waals surface area (Å²) in [6.07, 6.45) is 5.62. The molecule has 2 atom stereocenters. The van der Waals surface area contributed by atoms with E-state index >= 15 is 0 Å². The second-order valence-corrected chi connectivity index (χ2v) is 9.95. The van der Waals surface area contributed by atoms with Gasteiger partial charge in [0.15, 0.2) is 0 Å². The van der Waals surface area contributed by atoms with Crippen LogP contribution in [0.2, 0.25) is 0 Å². The van der Waals surface area contributed by atoms with E-state index in [1.165, 1.54) is 19.0 Å². The molecule has 0 aliphatic carbocycles. The van der Waals surface area contributed by atoms with Gasteiger partial charge in [0.25, 0.3) is 11.5 Å². The Kier molecular flexibility index (Phi) is 5.96. The minimum absolute atomic E-state index is 0.00397. The number of fused-ring (bicyclic) bond motifs is 4. The van der Waals surface area contributed by atoms with Gasteiger partial charge in [0, 0.05) is 54.9 Å². The van der Waals surface area contributed by atoms with Crippen LogP contribution in [0.4, 0.5) is 28.4 Å². The smallest absolute Gasteiger partial charge is 0.263 e. The molecule has 192 valence electrons. The average Bonchev–Trinajstić information content (AvgIpc) is 2.91. The predicted molar refractivity (Wildman–Crippen MR) is 144 cm³/mol. The number of ether oxygens (including phenoxy) is 1. The van der Waals surface area contributed by atoms with E-state index in [2.05, 4.69) is 42.8 Å². The van der Waals surface area contributed by atoms with Crippen LogP contribution in [0.25, 0.3) is 0 Å². The number of piperidine rings is 2. The number of aromatic amines is 1. The van der Waals surface area contributed by atoms with Crippen LogP contribution in [0.1, 0.15) is 28.8 Å². The molecule has 10 nitrogen and oxygen atoms in total. The molecule has 0 saturated carbocycles. The van der Waals surface area contributed by atoms with Crippen molar-refractivity contribution in [1.82, 2.24) is 14.9 Å². The highest BCUT2D eigenvalue weighted by Crippen LogP contribution is 2.35. The summed E-state index contributed by atoms with van der Waals surface area (Å²) in [5.74, 6) is 0.0619. The van der Waals surface area contributed by atoms with Crippen molar-refractivity contribution in [2.45, 2.75) is 31.8 Å². The van der Waals surface area contributed by atoms with Crippen LogP contribution in [0, 0.1) is 6.92 Å². The maximum atomic E-state index is 13.3. The molecule has 3 saturated heterocycles. The highest BCUT2D eigenvalue weighted by atomic mass is 16.5. The van der Waals surface area contributed by atoms with Crippen molar-refractivity contribution >= 4 is 34.3 Å². The fraction of sp³-hybridized carbons (Fsp3) is 0.370. The summed E-state index contributed by atoms with van der Waals surface area (Å²) in [5, 5.41) is 9.40. The van der Waals surface area contributed by atoms with Gasteiger partial charge in [-0.25, -0.2) is 4.98 Å². The number of carbonyl (C=O) groups excluding carboxylic acids is 1. The number of pyridine rings is 2. The van der Waals surface area contributed by atoms with Gasteiger partial charge in [0.05, 0.1) is 17.6 Å². The molecule has 4 aliphatic heterocycles. The Morgan fingerprint density at radius 3 is 2.68 bits per heavy atom. The number of benzene rings is 1. The lowest BCUT2D eigenvalue weighted by Crippen LogP contribution is -2.61. The van der Waals surface area contributed by atoms with E-state index in [0.29, 0.717) is 48.2 Å². The molecule has 0 radical (unpaired) electrons. The number of anilines is 5. The molecule has 7 rings (SSSR count). The van der Waals surface area contributed by atoms with Crippen LogP contribution in [0.15, 0.2) is 47.5 Å². The maximum Gasteiger partial charge on any atom is 0.263 e. The van der Waals surface area contributed by atoms with Crippen molar-refractivity contribution in [1.29, 1.82) is 0 Å². The first-order valence-electron chi connectivity index (χ1n) is 12.7. The Hall–Kier alpha value is -4.05. The van der Waals surface area contributed by atoms with Crippen molar-refractivity contribution < 1.29 is 9.53 Å². The maximum absolute atomic E-state index is 13.3. The zero-order valence-corrected chi connectivity index (χ0v) is 21.0. The fourth-order valence-corrected chi connectivity index (χ4v) is 5.59. The van der Waals surface area contributed by atoms with Gasteiger partial charge >= 0.3 is 0 Å². The fourth-order valence-electron chi connectivity index (χ4n) is 5.59. The quantitative estimate of drug-likeness (QED) is 0.422. The lowest BCUT2D eigenvalue weighted by Gasteiger charge is -2.51. The molecule has 37 heavy (non-hydrogen) atoms. The first kappa shape index (κ1) is 23.4. The number of nitrogens with zero attached hydrogens (tertiary/aromatic N) is 3. The van der Waals surface area contributed by atoms with Crippen molar-refractivity contribution in [2.24, 2.45) is 0 Å². The van der Waals surface area contributed by atoms with Crippen molar-refractivity contribution in [3.8, 4) is 5.88 Å². The second kappa shape index (κ2) is 9.44. The topological polar surface area (TPSA) is 115 Å². The third-order valence-corrected chi connectivity index (χ3v) is 7.66. The van der Waals surface area contributed by atoms with E-state index < -0.39 is 11.5 Å². The average molecular weight is 502 g/mol. The Bertz CT molecular complexity index is 1390. The largest absolute Gasteiger partial charge is 0.474 e. The number of hydrogen-bond donors (Lipinski definition) is 4. The van der Waals surface area contributed by atoms with Gasteiger partial charge in [-0.05, 0) is 57.1 Å². The van der Waals surface area contributed by atoms with Gasteiger partial charge in [-0.2, -0.15) is 0 Å².